The van der Waals surface area contributed by atoms with E-state index in [0.717, 1.165) is 38.5 Å². The molecule has 0 amide bonds. The van der Waals surface area contributed by atoms with Gasteiger partial charge in [0.2, 0.25) is 0 Å². The summed E-state index contributed by atoms with van der Waals surface area (Å²) >= 11 is 0. The Bertz CT molecular complexity index is 179. The first-order valence-corrected chi connectivity index (χ1v) is 6.06. The van der Waals surface area contributed by atoms with Crippen LogP contribution in [-0.4, -0.2) is 25.2 Å². The number of unbranched alkanes of at least 4 members (excludes halogenated alkanes) is 4. The van der Waals surface area contributed by atoms with Crippen LogP contribution in [0.3, 0.4) is 0 Å². The van der Waals surface area contributed by atoms with Crippen LogP contribution in [0.5, 0.6) is 0 Å². The average Bonchev–Trinajstić information content (AvgIpc) is 2.29. The first-order valence-electron chi connectivity index (χ1n) is 6.06. The van der Waals surface area contributed by atoms with Gasteiger partial charge in [-0.15, -0.1) is 0 Å². The molecular weight excluding hydrogens is 208 g/mol. The van der Waals surface area contributed by atoms with Crippen LogP contribution >= 0.6 is 0 Å². The molecule has 0 saturated carbocycles. The molecule has 0 spiro atoms. The van der Waals surface area contributed by atoms with Gasteiger partial charge < -0.3 is 9.47 Å². The Balaban J connectivity index is 3.46. The van der Waals surface area contributed by atoms with Gasteiger partial charge in [-0.25, -0.2) is 9.59 Å². The van der Waals surface area contributed by atoms with E-state index in [0.29, 0.717) is 13.2 Å². The molecule has 16 heavy (non-hydrogen) atoms. The van der Waals surface area contributed by atoms with E-state index < -0.39 is 11.9 Å². The van der Waals surface area contributed by atoms with Crippen molar-refractivity contribution in [2.45, 2.75) is 52.4 Å². The summed E-state index contributed by atoms with van der Waals surface area (Å²) in [5, 5.41) is 0. The van der Waals surface area contributed by atoms with Gasteiger partial charge in [0.25, 0.3) is 0 Å². The zero-order valence-electron chi connectivity index (χ0n) is 10.3. The molecule has 0 radical (unpaired) electrons. The van der Waals surface area contributed by atoms with E-state index in [2.05, 4.69) is 13.8 Å². The summed E-state index contributed by atoms with van der Waals surface area (Å²) in [4.78, 5) is 22.1. The highest BCUT2D eigenvalue weighted by Gasteiger charge is 2.16. The topological polar surface area (TPSA) is 52.6 Å². The number of hydrogen-bond acceptors (Lipinski definition) is 4. The Morgan fingerprint density at radius 1 is 0.750 bits per heavy atom. The zero-order valence-corrected chi connectivity index (χ0v) is 10.3. The second kappa shape index (κ2) is 10.5. The smallest absolute Gasteiger partial charge is 0.417 e. The maximum absolute atomic E-state index is 11.1. The fraction of sp³-hybridized carbons (Fsp3) is 0.833. The van der Waals surface area contributed by atoms with Crippen molar-refractivity contribution >= 4 is 11.9 Å². The maximum Gasteiger partial charge on any atom is 0.417 e. The summed E-state index contributed by atoms with van der Waals surface area (Å²) in [6.45, 7) is 4.72. The van der Waals surface area contributed by atoms with Crippen LogP contribution in [0.15, 0.2) is 0 Å². The van der Waals surface area contributed by atoms with Crippen molar-refractivity contribution in [1.29, 1.82) is 0 Å². The highest BCUT2D eigenvalue weighted by molar-refractivity contribution is 6.29. The van der Waals surface area contributed by atoms with Crippen LogP contribution in [0.25, 0.3) is 0 Å². The number of esters is 2. The summed E-state index contributed by atoms with van der Waals surface area (Å²) < 4.78 is 9.50. The van der Waals surface area contributed by atoms with Crippen molar-refractivity contribution in [1.82, 2.24) is 0 Å². The average molecular weight is 230 g/mol. The molecular formula is C12H22O4. The predicted octanol–water partition coefficient (Wildman–Crippen LogP) is 2.45. The van der Waals surface area contributed by atoms with Gasteiger partial charge in [-0.2, -0.15) is 0 Å². The van der Waals surface area contributed by atoms with E-state index >= 15 is 0 Å². The van der Waals surface area contributed by atoms with Crippen molar-refractivity contribution < 1.29 is 19.1 Å². The van der Waals surface area contributed by atoms with Gasteiger partial charge in [0, 0.05) is 0 Å². The molecule has 4 heteroatoms. The zero-order chi connectivity index (χ0) is 12.2. The van der Waals surface area contributed by atoms with E-state index in [4.69, 9.17) is 9.47 Å². The Labute approximate surface area is 97.3 Å². The van der Waals surface area contributed by atoms with Crippen molar-refractivity contribution in [3.63, 3.8) is 0 Å². The summed E-state index contributed by atoms with van der Waals surface area (Å²) in [5.74, 6) is -1.74. The van der Waals surface area contributed by atoms with Crippen LogP contribution < -0.4 is 0 Å². The summed E-state index contributed by atoms with van der Waals surface area (Å²) in [6, 6.07) is 0. The first kappa shape index (κ1) is 14.9. The Hall–Kier alpha value is -1.06. The minimum absolute atomic E-state index is 0.302. The highest BCUT2D eigenvalue weighted by atomic mass is 16.6. The monoisotopic (exact) mass is 230 g/mol. The molecule has 0 N–H and O–H groups in total. The third-order valence-electron chi connectivity index (χ3n) is 2.13. The lowest BCUT2D eigenvalue weighted by atomic mass is 10.3. The molecule has 0 fully saturated rings. The molecule has 0 aromatic carbocycles. The van der Waals surface area contributed by atoms with Crippen LogP contribution in [0.4, 0.5) is 0 Å². The Morgan fingerprint density at radius 2 is 1.12 bits per heavy atom. The molecule has 94 valence electrons. The Kier molecular flexibility index (Phi) is 9.76. The van der Waals surface area contributed by atoms with E-state index in [1.54, 1.807) is 0 Å². The number of ether oxygens (including phenoxy) is 2. The fourth-order valence-corrected chi connectivity index (χ4v) is 1.15. The van der Waals surface area contributed by atoms with E-state index in [1.165, 1.54) is 0 Å². The normalized spacial score (nSPS) is 9.88. The quantitative estimate of drug-likeness (QED) is 0.365. The predicted molar refractivity (Wildman–Crippen MR) is 61.0 cm³/mol. The van der Waals surface area contributed by atoms with Gasteiger partial charge in [-0.1, -0.05) is 39.5 Å². The molecule has 0 rings (SSSR count). The third-order valence-corrected chi connectivity index (χ3v) is 2.13. The number of carbonyl (C=O) groups is 2. The molecule has 0 aliphatic rings. The van der Waals surface area contributed by atoms with Gasteiger partial charge in [0.15, 0.2) is 0 Å². The maximum atomic E-state index is 11.1. The van der Waals surface area contributed by atoms with E-state index in [-0.39, 0.29) is 0 Å². The van der Waals surface area contributed by atoms with Gasteiger partial charge in [-0.05, 0) is 12.8 Å². The summed E-state index contributed by atoms with van der Waals surface area (Å²) in [7, 11) is 0. The van der Waals surface area contributed by atoms with Crippen molar-refractivity contribution in [3.05, 3.63) is 0 Å². The lowest BCUT2D eigenvalue weighted by Gasteiger charge is -2.04. The molecule has 0 heterocycles. The SMILES string of the molecule is CCCCCOC(=O)C(=O)OCCCCC. The molecule has 4 nitrogen and oxygen atoms in total. The molecule has 0 aliphatic carbocycles. The summed E-state index contributed by atoms with van der Waals surface area (Å²) in [5.41, 5.74) is 0. The van der Waals surface area contributed by atoms with E-state index in [9.17, 15) is 9.59 Å². The van der Waals surface area contributed by atoms with Crippen molar-refractivity contribution in [2.75, 3.05) is 13.2 Å². The standard InChI is InChI=1S/C12H22O4/c1-3-5-7-9-15-11(13)12(14)16-10-8-6-4-2/h3-10H2,1-2H3. The van der Waals surface area contributed by atoms with Gasteiger partial charge in [0.05, 0.1) is 13.2 Å². The summed E-state index contributed by atoms with van der Waals surface area (Å²) in [6.07, 6.45) is 5.70. The van der Waals surface area contributed by atoms with Crippen molar-refractivity contribution in [2.24, 2.45) is 0 Å². The first-order chi connectivity index (χ1) is 7.72. The molecule has 0 aromatic rings. The van der Waals surface area contributed by atoms with E-state index in [1.807, 2.05) is 0 Å². The van der Waals surface area contributed by atoms with Crippen LogP contribution in [0, 0.1) is 0 Å². The minimum Gasteiger partial charge on any atom is -0.457 e. The van der Waals surface area contributed by atoms with Gasteiger partial charge in [0.1, 0.15) is 0 Å². The number of carbonyl (C=O) groups excluding carboxylic acids is 2. The molecule has 0 bridgehead atoms. The van der Waals surface area contributed by atoms with Gasteiger partial charge >= 0.3 is 11.9 Å². The lowest BCUT2D eigenvalue weighted by molar-refractivity contribution is -0.167. The number of rotatable bonds is 8. The molecule has 0 atom stereocenters. The molecule has 0 aromatic heterocycles. The highest BCUT2D eigenvalue weighted by Crippen LogP contribution is 1.97. The molecule has 0 unspecified atom stereocenters. The van der Waals surface area contributed by atoms with Crippen LogP contribution in [0.2, 0.25) is 0 Å². The van der Waals surface area contributed by atoms with Crippen LogP contribution in [-0.2, 0) is 19.1 Å². The fourth-order valence-electron chi connectivity index (χ4n) is 1.15. The van der Waals surface area contributed by atoms with Crippen molar-refractivity contribution in [3.8, 4) is 0 Å². The van der Waals surface area contributed by atoms with Crippen LogP contribution in [0.1, 0.15) is 52.4 Å². The minimum atomic E-state index is -0.868. The lowest BCUT2D eigenvalue weighted by Crippen LogP contribution is -2.21. The Morgan fingerprint density at radius 3 is 1.44 bits per heavy atom. The number of hydrogen-bond donors (Lipinski definition) is 0. The second-order valence-corrected chi connectivity index (χ2v) is 3.69. The third kappa shape index (κ3) is 8.26. The largest absolute Gasteiger partial charge is 0.457 e. The van der Waals surface area contributed by atoms with Gasteiger partial charge in [-0.3, -0.25) is 0 Å². The molecule has 0 saturated heterocycles. The molecule has 0 aliphatic heterocycles. The second-order valence-electron chi connectivity index (χ2n) is 3.69.